The molecule has 2 aromatic rings. The molecule has 2 rings (SSSR count). The van der Waals surface area contributed by atoms with E-state index in [9.17, 15) is 5.21 Å². The Hall–Kier alpha value is -2.43. The summed E-state index contributed by atoms with van der Waals surface area (Å²) in [5.74, 6) is 0. The second-order valence-corrected chi connectivity index (χ2v) is 4.03. The molecule has 0 aliphatic rings. The van der Waals surface area contributed by atoms with Crippen LogP contribution >= 0.6 is 0 Å². The van der Waals surface area contributed by atoms with E-state index in [1.165, 1.54) is 12.4 Å². The highest BCUT2D eigenvalue weighted by atomic mass is 16.5. The van der Waals surface area contributed by atoms with Crippen LogP contribution in [0, 0.1) is 5.21 Å². The van der Waals surface area contributed by atoms with Gasteiger partial charge in [-0.05, 0) is 24.3 Å². The van der Waals surface area contributed by atoms with Gasteiger partial charge in [0.15, 0.2) is 12.4 Å². The molecule has 0 unspecified atom stereocenters. The third-order valence-electron chi connectivity index (χ3n) is 2.43. The SMILES string of the molecule is CN(C)c1ccc(/N=N/c2cc[n+]([O-])cc2)cc1. The first-order chi connectivity index (χ1) is 8.65. The Kier molecular flexibility index (Phi) is 3.52. The van der Waals surface area contributed by atoms with Gasteiger partial charge in [-0.3, -0.25) is 0 Å². The van der Waals surface area contributed by atoms with Gasteiger partial charge in [-0.1, -0.05) is 0 Å². The lowest BCUT2D eigenvalue weighted by molar-refractivity contribution is -0.605. The van der Waals surface area contributed by atoms with E-state index < -0.39 is 0 Å². The van der Waals surface area contributed by atoms with E-state index in [2.05, 4.69) is 10.2 Å². The van der Waals surface area contributed by atoms with Crippen LogP contribution in [-0.4, -0.2) is 14.1 Å². The Labute approximate surface area is 106 Å². The van der Waals surface area contributed by atoms with E-state index in [4.69, 9.17) is 0 Å². The average molecular weight is 242 g/mol. The zero-order chi connectivity index (χ0) is 13.0. The Bertz CT molecular complexity index is 532. The first kappa shape index (κ1) is 12.0. The third kappa shape index (κ3) is 3.04. The summed E-state index contributed by atoms with van der Waals surface area (Å²) in [6.45, 7) is 0. The molecular formula is C13H14N4O. The number of aromatic nitrogens is 1. The lowest BCUT2D eigenvalue weighted by atomic mass is 10.3. The maximum atomic E-state index is 10.8. The molecule has 92 valence electrons. The second kappa shape index (κ2) is 5.27. The summed E-state index contributed by atoms with van der Waals surface area (Å²) in [7, 11) is 3.97. The largest absolute Gasteiger partial charge is 0.619 e. The number of rotatable bonds is 3. The Balaban J connectivity index is 2.11. The van der Waals surface area contributed by atoms with E-state index >= 15 is 0 Å². The highest BCUT2D eigenvalue weighted by molar-refractivity contribution is 5.51. The molecule has 0 atom stereocenters. The monoisotopic (exact) mass is 242 g/mol. The van der Waals surface area contributed by atoms with Gasteiger partial charge in [0.25, 0.3) is 0 Å². The minimum atomic E-state index is 0.652. The van der Waals surface area contributed by atoms with Crippen molar-refractivity contribution >= 4 is 17.1 Å². The second-order valence-electron chi connectivity index (χ2n) is 4.03. The summed E-state index contributed by atoms with van der Waals surface area (Å²) in [5, 5.41) is 19.0. The van der Waals surface area contributed by atoms with Gasteiger partial charge >= 0.3 is 0 Å². The fraction of sp³-hybridized carbons (Fsp3) is 0.154. The lowest BCUT2D eigenvalue weighted by Gasteiger charge is -2.11. The number of azo groups is 1. The number of anilines is 1. The van der Waals surface area contributed by atoms with Crippen molar-refractivity contribution in [2.45, 2.75) is 0 Å². The van der Waals surface area contributed by atoms with Crippen molar-refractivity contribution in [1.29, 1.82) is 0 Å². The van der Waals surface area contributed by atoms with Crippen LogP contribution in [-0.2, 0) is 0 Å². The fourth-order valence-corrected chi connectivity index (χ4v) is 1.40. The van der Waals surface area contributed by atoms with Crippen molar-refractivity contribution in [2.24, 2.45) is 10.2 Å². The Morgan fingerprint density at radius 3 is 1.89 bits per heavy atom. The van der Waals surface area contributed by atoms with Gasteiger partial charge in [0, 0.05) is 31.9 Å². The summed E-state index contributed by atoms with van der Waals surface area (Å²) in [6.07, 6.45) is 2.78. The van der Waals surface area contributed by atoms with Gasteiger partial charge in [-0.15, -0.1) is 0 Å². The molecule has 1 aromatic carbocycles. The minimum absolute atomic E-state index is 0.652. The highest BCUT2D eigenvalue weighted by Gasteiger charge is 1.96. The molecule has 1 aromatic heterocycles. The molecule has 0 saturated heterocycles. The molecule has 0 spiro atoms. The van der Waals surface area contributed by atoms with Crippen LogP contribution < -0.4 is 9.63 Å². The maximum absolute atomic E-state index is 10.8. The van der Waals surface area contributed by atoms with Gasteiger partial charge in [0.05, 0.1) is 11.4 Å². The van der Waals surface area contributed by atoms with E-state index in [0.717, 1.165) is 11.4 Å². The third-order valence-corrected chi connectivity index (χ3v) is 2.43. The molecule has 1 heterocycles. The number of pyridine rings is 1. The van der Waals surface area contributed by atoms with Gasteiger partial charge in [0.2, 0.25) is 0 Å². The molecule has 18 heavy (non-hydrogen) atoms. The van der Waals surface area contributed by atoms with Crippen molar-refractivity contribution in [3.63, 3.8) is 0 Å². The van der Waals surface area contributed by atoms with Crippen molar-refractivity contribution in [1.82, 2.24) is 0 Å². The molecule has 0 aliphatic heterocycles. The molecule has 0 fully saturated rings. The highest BCUT2D eigenvalue weighted by Crippen LogP contribution is 2.20. The van der Waals surface area contributed by atoms with Crippen LogP contribution in [0.3, 0.4) is 0 Å². The van der Waals surface area contributed by atoms with Crippen molar-refractivity contribution in [3.8, 4) is 0 Å². The first-order valence-electron chi connectivity index (χ1n) is 5.53. The molecule has 0 saturated carbocycles. The van der Waals surface area contributed by atoms with Gasteiger partial charge in [-0.2, -0.15) is 15.0 Å². The van der Waals surface area contributed by atoms with Crippen LogP contribution in [0.5, 0.6) is 0 Å². The predicted molar refractivity (Wildman–Crippen MR) is 70.3 cm³/mol. The summed E-state index contributed by atoms with van der Waals surface area (Å²) in [6, 6.07) is 11.0. The maximum Gasteiger partial charge on any atom is 0.182 e. The normalized spacial score (nSPS) is 10.8. The summed E-state index contributed by atoms with van der Waals surface area (Å²) < 4.78 is 0.713. The molecule has 0 N–H and O–H groups in total. The topological polar surface area (TPSA) is 54.9 Å². The molecule has 5 heteroatoms. The quantitative estimate of drug-likeness (QED) is 0.472. The van der Waals surface area contributed by atoms with Crippen LogP contribution in [0.4, 0.5) is 17.1 Å². The van der Waals surface area contributed by atoms with Crippen LogP contribution in [0.25, 0.3) is 0 Å². The number of nitrogens with zero attached hydrogens (tertiary/aromatic N) is 4. The molecule has 5 nitrogen and oxygen atoms in total. The number of benzene rings is 1. The van der Waals surface area contributed by atoms with E-state index in [0.29, 0.717) is 10.4 Å². The van der Waals surface area contributed by atoms with E-state index in [1.54, 1.807) is 12.1 Å². The molecule has 0 aliphatic carbocycles. The van der Waals surface area contributed by atoms with Crippen LogP contribution in [0.2, 0.25) is 0 Å². The predicted octanol–water partition coefficient (Wildman–Crippen LogP) is 2.80. The molecule has 0 amide bonds. The van der Waals surface area contributed by atoms with Crippen molar-refractivity contribution < 1.29 is 4.73 Å². The van der Waals surface area contributed by atoms with Crippen molar-refractivity contribution in [2.75, 3.05) is 19.0 Å². The van der Waals surface area contributed by atoms with Gasteiger partial charge < -0.3 is 10.1 Å². The lowest BCUT2D eigenvalue weighted by Crippen LogP contribution is -2.22. The summed E-state index contributed by atoms with van der Waals surface area (Å²) in [4.78, 5) is 2.02. The zero-order valence-electron chi connectivity index (χ0n) is 10.3. The average Bonchev–Trinajstić information content (AvgIpc) is 2.38. The zero-order valence-corrected chi connectivity index (χ0v) is 10.3. The van der Waals surface area contributed by atoms with Crippen LogP contribution in [0.1, 0.15) is 0 Å². The first-order valence-corrected chi connectivity index (χ1v) is 5.53. The standard InChI is InChI=1S/C13H14N4O/c1-16(2)13-5-3-11(4-6-13)14-15-12-7-9-17(18)10-8-12/h3-10H,1-2H3/b15-14+. The van der Waals surface area contributed by atoms with E-state index in [1.807, 2.05) is 43.3 Å². The van der Waals surface area contributed by atoms with Gasteiger partial charge in [-0.25, -0.2) is 0 Å². The molecular weight excluding hydrogens is 228 g/mol. The number of hydrogen-bond acceptors (Lipinski definition) is 4. The fourth-order valence-electron chi connectivity index (χ4n) is 1.40. The smallest absolute Gasteiger partial charge is 0.182 e. The van der Waals surface area contributed by atoms with E-state index in [-0.39, 0.29) is 0 Å². The van der Waals surface area contributed by atoms with Crippen molar-refractivity contribution in [3.05, 3.63) is 54.0 Å². The molecule has 0 bridgehead atoms. The minimum Gasteiger partial charge on any atom is -0.619 e. The summed E-state index contributed by atoms with van der Waals surface area (Å²) in [5.41, 5.74) is 2.54. The van der Waals surface area contributed by atoms with Crippen LogP contribution in [0.15, 0.2) is 59.0 Å². The van der Waals surface area contributed by atoms with Gasteiger partial charge in [0.1, 0.15) is 0 Å². The Morgan fingerprint density at radius 1 is 0.889 bits per heavy atom. The molecule has 0 radical (unpaired) electrons. The Morgan fingerprint density at radius 2 is 1.39 bits per heavy atom. The summed E-state index contributed by atoms with van der Waals surface area (Å²) >= 11 is 0. The number of hydrogen-bond donors (Lipinski definition) is 0.